The number of anilines is 2. The molecule has 3 rings (SSSR count). The first-order chi connectivity index (χ1) is 10.2. The highest BCUT2D eigenvalue weighted by molar-refractivity contribution is 5.98. The number of ether oxygens (including phenoxy) is 1. The van der Waals surface area contributed by atoms with Crippen LogP contribution < -0.4 is 15.8 Å². The van der Waals surface area contributed by atoms with E-state index in [1.165, 1.54) is 5.56 Å². The van der Waals surface area contributed by atoms with Gasteiger partial charge in [-0.3, -0.25) is 4.79 Å². The molecule has 0 aromatic heterocycles. The number of rotatable bonds is 3. The summed E-state index contributed by atoms with van der Waals surface area (Å²) in [6.45, 7) is 2.12. The highest BCUT2D eigenvalue weighted by Crippen LogP contribution is 2.32. The number of hydrogen-bond donors (Lipinski definition) is 2. The van der Waals surface area contributed by atoms with E-state index in [2.05, 4.69) is 24.4 Å². The Hall–Kier alpha value is -2.49. The fourth-order valence-electron chi connectivity index (χ4n) is 2.43. The Kier molecular flexibility index (Phi) is 3.52. The molecule has 1 unspecified atom stereocenters. The van der Waals surface area contributed by atoms with Gasteiger partial charge in [-0.05, 0) is 35.7 Å². The number of amides is 1. The normalized spacial score (nSPS) is 16.8. The molecule has 108 valence electrons. The molecule has 4 nitrogen and oxygen atoms in total. The molecular formula is C17H18N2O2. The molecule has 4 heteroatoms. The van der Waals surface area contributed by atoms with Crippen LogP contribution in [0.3, 0.4) is 0 Å². The highest BCUT2D eigenvalue weighted by Gasteiger charge is 2.27. The topological polar surface area (TPSA) is 64.3 Å². The molecule has 1 aliphatic heterocycles. The molecule has 1 atom stereocenters. The van der Waals surface area contributed by atoms with Crippen LogP contribution in [-0.4, -0.2) is 12.0 Å². The molecule has 2 aromatic carbocycles. The molecule has 2 aromatic rings. The lowest BCUT2D eigenvalue weighted by atomic mass is 10.0. The van der Waals surface area contributed by atoms with Gasteiger partial charge in [0.15, 0.2) is 6.10 Å². The van der Waals surface area contributed by atoms with E-state index < -0.39 is 6.10 Å². The van der Waals surface area contributed by atoms with E-state index in [0.717, 1.165) is 12.0 Å². The second-order valence-corrected chi connectivity index (χ2v) is 5.23. The lowest BCUT2D eigenvalue weighted by Gasteiger charge is -2.26. The molecule has 1 aliphatic rings. The zero-order valence-electron chi connectivity index (χ0n) is 11.9. The Labute approximate surface area is 123 Å². The van der Waals surface area contributed by atoms with E-state index in [1.54, 1.807) is 18.2 Å². The number of benzene rings is 2. The van der Waals surface area contributed by atoms with Gasteiger partial charge in [0, 0.05) is 12.1 Å². The van der Waals surface area contributed by atoms with Gasteiger partial charge >= 0.3 is 0 Å². The molecule has 0 saturated heterocycles. The van der Waals surface area contributed by atoms with Gasteiger partial charge in [-0.2, -0.15) is 0 Å². The van der Waals surface area contributed by atoms with Crippen molar-refractivity contribution in [3.63, 3.8) is 0 Å². The summed E-state index contributed by atoms with van der Waals surface area (Å²) in [4.78, 5) is 12.1. The number of hydrogen-bond acceptors (Lipinski definition) is 3. The van der Waals surface area contributed by atoms with Gasteiger partial charge in [-0.1, -0.05) is 31.2 Å². The second-order valence-electron chi connectivity index (χ2n) is 5.23. The monoisotopic (exact) mass is 282 g/mol. The average molecular weight is 282 g/mol. The predicted molar refractivity (Wildman–Crippen MR) is 83.4 cm³/mol. The standard InChI is InChI=1S/C17H18N2O2/c1-2-11-3-5-12(6-4-11)9-16-17(20)19-14-10-13(18)7-8-15(14)21-16/h3-8,10,16H,2,9,18H2,1H3,(H,19,20). The number of nitrogens with one attached hydrogen (secondary N) is 1. The van der Waals surface area contributed by atoms with Crippen molar-refractivity contribution in [1.29, 1.82) is 0 Å². The molecule has 0 bridgehead atoms. The van der Waals surface area contributed by atoms with Gasteiger partial charge in [0.1, 0.15) is 5.75 Å². The molecular weight excluding hydrogens is 264 g/mol. The summed E-state index contributed by atoms with van der Waals surface area (Å²) in [6, 6.07) is 13.5. The summed E-state index contributed by atoms with van der Waals surface area (Å²) < 4.78 is 5.79. The number of carbonyl (C=O) groups excluding carboxylic acids is 1. The van der Waals surface area contributed by atoms with Crippen molar-refractivity contribution in [2.45, 2.75) is 25.9 Å². The molecule has 3 N–H and O–H groups in total. The zero-order chi connectivity index (χ0) is 14.8. The molecule has 0 saturated carbocycles. The van der Waals surface area contributed by atoms with Crippen LogP contribution in [0.4, 0.5) is 11.4 Å². The second kappa shape index (κ2) is 5.48. The lowest BCUT2D eigenvalue weighted by molar-refractivity contribution is -0.123. The van der Waals surface area contributed by atoms with E-state index in [4.69, 9.17) is 10.5 Å². The molecule has 0 aliphatic carbocycles. The van der Waals surface area contributed by atoms with Crippen LogP contribution in [0.5, 0.6) is 5.75 Å². The van der Waals surface area contributed by atoms with Crippen molar-refractivity contribution in [2.75, 3.05) is 11.1 Å². The van der Waals surface area contributed by atoms with Gasteiger partial charge in [-0.15, -0.1) is 0 Å². The van der Waals surface area contributed by atoms with Crippen molar-refractivity contribution >= 4 is 17.3 Å². The van der Waals surface area contributed by atoms with Crippen molar-refractivity contribution in [3.05, 3.63) is 53.6 Å². The lowest BCUT2D eigenvalue weighted by Crippen LogP contribution is -2.38. The minimum Gasteiger partial charge on any atom is -0.478 e. The molecule has 0 spiro atoms. The van der Waals surface area contributed by atoms with Crippen molar-refractivity contribution < 1.29 is 9.53 Å². The third-order valence-electron chi connectivity index (χ3n) is 3.68. The molecule has 0 radical (unpaired) electrons. The zero-order valence-corrected chi connectivity index (χ0v) is 11.9. The first kappa shape index (κ1) is 13.5. The number of nitrogen functional groups attached to an aromatic ring is 1. The Bertz CT molecular complexity index is 665. The quantitative estimate of drug-likeness (QED) is 0.851. The van der Waals surface area contributed by atoms with Gasteiger partial charge < -0.3 is 15.8 Å². The fourth-order valence-corrected chi connectivity index (χ4v) is 2.43. The fraction of sp³-hybridized carbons (Fsp3) is 0.235. The third-order valence-corrected chi connectivity index (χ3v) is 3.68. The predicted octanol–water partition coefficient (Wildman–Crippen LogP) is 2.77. The molecule has 0 fully saturated rings. The number of fused-ring (bicyclic) bond motifs is 1. The first-order valence-corrected chi connectivity index (χ1v) is 7.10. The number of aryl methyl sites for hydroxylation is 1. The van der Waals surface area contributed by atoms with Gasteiger partial charge in [0.2, 0.25) is 0 Å². The number of nitrogens with two attached hydrogens (primary N) is 1. The largest absolute Gasteiger partial charge is 0.478 e. The van der Waals surface area contributed by atoms with Crippen LogP contribution >= 0.6 is 0 Å². The maximum Gasteiger partial charge on any atom is 0.265 e. The molecule has 1 amide bonds. The van der Waals surface area contributed by atoms with Crippen LogP contribution in [0.25, 0.3) is 0 Å². The SMILES string of the molecule is CCc1ccc(CC2Oc3ccc(N)cc3NC2=O)cc1. The summed E-state index contributed by atoms with van der Waals surface area (Å²) in [6.07, 6.45) is 1.06. The Morgan fingerprint density at radius 3 is 2.57 bits per heavy atom. The smallest absolute Gasteiger partial charge is 0.265 e. The van der Waals surface area contributed by atoms with Crippen LogP contribution in [0.2, 0.25) is 0 Å². The number of carbonyl (C=O) groups is 1. The van der Waals surface area contributed by atoms with E-state index in [0.29, 0.717) is 23.5 Å². The minimum absolute atomic E-state index is 0.132. The Balaban J connectivity index is 1.77. The summed E-state index contributed by atoms with van der Waals surface area (Å²) in [5.41, 5.74) is 9.32. The van der Waals surface area contributed by atoms with Crippen molar-refractivity contribution in [2.24, 2.45) is 0 Å². The van der Waals surface area contributed by atoms with Crippen LogP contribution in [0.15, 0.2) is 42.5 Å². The molecule has 21 heavy (non-hydrogen) atoms. The minimum atomic E-state index is -0.506. The maximum atomic E-state index is 12.1. The van der Waals surface area contributed by atoms with Crippen LogP contribution in [-0.2, 0) is 17.6 Å². The highest BCUT2D eigenvalue weighted by atomic mass is 16.5. The maximum absolute atomic E-state index is 12.1. The summed E-state index contributed by atoms with van der Waals surface area (Å²) >= 11 is 0. The summed E-state index contributed by atoms with van der Waals surface area (Å²) in [7, 11) is 0. The van der Waals surface area contributed by atoms with Gasteiger partial charge in [0.05, 0.1) is 5.69 Å². The van der Waals surface area contributed by atoms with E-state index >= 15 is 0 Å². The van der Waals surface area contributed by atoms with Crippen LogP contribution in [0.1, 0.15) is 18.1 Å². The molecule has 1 heterocycles. The Morgan fingerprint density at radius 2 is 1.86 bits per heavy atom. The summed E-state index contributed by atoms with van der Waals surface area (Å²) in [5.74, 6) is 0.534. The van der Waals surface area contributed by atoms with E-state index in [9.17, 15) is 4.79 Å². The average Bonchev–Trinajstić information content (AvgIpc) is 2.49. The van der Waals surface area contributed by atoms with Crippen molar-refractivity contribution in [1.82, 2.24) is 0 Å². The van der Waals surface area contributed by atoms with Crippen LogP contribution in [0, 0.1) is 0 Å². The third kappa shape index (κ3) is 2.84. The van der Waals surface area contributed by atoms with Gasteiger partial charge in [-0.25, -0.2) is 0 Å². The Morgan fingerprint density at radius 1 is 1.14 bits per heavy atom. The summed E-state index contributed by atoms with van der Waals surface area (Å²) in [5, 5.41) is 2.85. The van der Waals surface area contributed by atoms with Gasteiger partial charge in [0.25, 0.3) is 5.91 Å². The van der Waals surface area contributed by atoms with E-state index in [-0.39, 0.29) is 5.91 Å². The van der Waals surface area contributed by atoms with E-state index in [1.807, 2.05) is 12.1 Å². The first-order valence-electron chi connectivity index (χ1n) is 7.10. The van der Waals surface area contributed by atoms with Crippen molar-refractivity contribution in [3.8, 4) is 5.75 Å².